The Balaban J connectivity index is 1.74. The Morgan fingerprint density at radius 2 is 1.33 bits per heavy atom. The molecule has 6 heteroatoms. The van der Waals surface area contributed by atoms with E-state index in [2.05, 4.69) is 10.0 Å². The van der Waals surface area contributed by atoms with Crippen molar-refractivity contribution in [1.82, 2.24) is 0 Å². The van der Waals surface area contributed by atoms with Crippen molar-refractivity contribution in [2.45, 2.75) is 4.90 Å². The van der Waals surface area contributed by atoms with Crippen molar-refractivity contribution in [3.63, 3.8) is 0 Å². The van der Waals surface area contributed by atoms with E-state index in [-0.39, 0.29) is 4.90 Å². The van der Waals surface area contributed by atoms with Gasteiger partial charge in [0, 0.05) is 22.1 Å². The molecule has 0 aliphatic rings. The van der Waals surface area contributed by atoms with Gasteiger partial charge >= 0.3 is 0 Å². The summed E-state index contributed by atoms with van der Waals surface area (Å²) >= 11 is 5.85. The number of halogens is 1. The zero-order valence-corrected chi connectivity index (χ0v) is 14.2. The molecule has 2 N–H and O–H groups in total. The maximum Gasteiger partial charge on any atom is 0.261 e. The standard InChI is InChI=1S/C18H15ClN2O2S/c19-14-5-4-8-18(13-14)24(22,23)21-17-11-9-16(10-12-17)20-15-6-2-1-3-7-15/h1-13,20-21H. The van der Waals surface area contributed by atoms with Crippen LogP contribution in [0, 0.1) is 0 Å². The van der Waals surface area contributed by atoms with Gasteiger partial charge in [-0.3, -0.25) is 4.72 Å². The smallest absolute Gasteiger partial charge is 0.261 e. The number of hydrogen-bond acceptors (Lipinski definition) is 3. The van der Waals surface area contributed by atoms with Crippen molar-refractivity contribution in [2.75, 3.05) is 10.0 Å². The van der Waals surface area contributed by atoms with Gasteiger partial charge in [-0.2, -0.15) is 0 Å². The zero-order chi connectivity index (χ0) is 17.0. The first-order valence-electron chi connectivity index (χ1n) is 7.23. The quantitative estimate of drug-likeness (QED) is 0.683. The molecule has 0 radical (unpaired) electrons. The van der Waals surface area contributed by atoms with E-state index in [1.165, 1.54) is 12.1 Å². The Labute approximate surface area is 146 Å². The molecule has 0 saturated heterocycles. The number of nitrogens with one attached hydrogen (secondary N) is 2. The lowest BCUT2D eigenvalue weighted by molar-refractivity contribution is 0.601. The van der Waals surface area contributed by atoms with Gasteiger partial charge in [-0.1, -0.05) is 35.9 Å². The van der Waals surface area contributed by atoms with Crippen LogP contribution in [0.25, 0.3) is 0 Å². The monoisotopic (exact) mass is 358 g/mol. The van der Waals surface area contributed by atoms with Crippen LogP contribution in [0.5, 0.6) is 0 Å². The van der Waals surface area contributed by atoms with Crippen molar-refractivity contribution in [3.05, 3.63) is 83.9 Å². The highest BCUT2D eigenvalue weighted by Crippen LogP contribution is 2.22. The predicted octanol–water partition coefficient (Wildman–Crippen LogP) is 4.88. The number of benzene rings is 3. The zero-order valence-electron chi connectivity index (χ0n) is 12.6. The van der Waals surface area contributed by atoms with E-state index in [1.54, 1.807) is 24.3 Å². The fraction of sp³-hybridized carbons (Fsp3) is 0. The molecule has 3 rings (SSSR count). The van der Waals surface area contributed by atoms with Gasteiger partial charge in [-0.05, 0) is 54.6 Å². The molecule has 0 amide bonds. The van der Waals surface area contributed by atoms with Gasteiger partial charge in [0.05, 0.1) is 4.90 Å². The van der Waals surface area contributed by atoms with Gasteiger partial charge < -0.3 is 5.32 Å². The summed E-state index contributed by atoms with van der Waals surface area (Å²) < 4.78 is 27.2. The molecule has 122 valence electrons. The number of hydrogen-bond donors (Lipinski definition) is 2. The van der Waals surface area contributed by atoms with Gasteiger partial charge in [0.25, 0.3) is 10.0 Å². The molecule has 3 aromatic carbocycles. The molecule has 4 nitrogen and oxygen atoms in total. The van der Waals surface area contributed by atoms with E-state index in [0.29, 0.717) is 10.7 Å². The summed E-state index contributed by atoms with van der Waals surface area (Å²) in [6.45, 7) is 0. The van der Waals surface area contributed by atoms with Crippen LogP contribution < -0.4 is 10.0 Å². The first-order chi connectivity index (χ1) is 11.5. The van der Waals surface area contributed by atoms with Gasteiger partial charge in [-0.25, -0.2) is 8.42 Å². The third-order valence-electron chi connectivity index (χ3n) is 3.31. The second-order valence-electron chi connectivity index (χ2n) is 5.13. The molecule has 24 heavy (non-hydrogen) atoms. The summed E-state index contributed by atoms with van der Waals surface area (Å²) in [4.78, 5) is 0.126. The highest BCUT2D eigenvalue weighted by Gasteiger charge is 2.14. The van der Waals surface area contributed by atoms with Crippen molar-refractivity contribution < 1.29 is 8.42 Å². The minimum absolute atomic E-state index is 0.126. The Bertz CT molecular complexity index is 927. The highest BCUT2D eigenvalue weighted by atomic mass is 35.5. The molecule has 0 spiro atoms. The van der Waals surface area contributed by atoms with Crippen LogP contribution >= 0.6 is 11.6 Å². The molecule has 0 aliphatic heterocycles. The number of sulfonamides is 1. The summed E-state index contributed by atoms with van der Waals surface area (Å²) in [6, 6.07) is 22.9. The van der Waals surface area contributed by atoms with Crippen molar-refractivity contribution in [2.24, 2.45) is 0 Å². The van der Waals surface area contributed by atoms with Gasteiger partial charge in [0.1, 0.15) is 0 Å². The average molecular weight is 359 g/mol. The van der Waals surface area contributed by atoms with Crippen molar-refractivity contribution in [3.8, 4) is 0 Å². The van der Waals surface area contributed by atoms with Crippen LogP contribution in [0.3, 0.4) is 0 Å². The van der Waals surface area contributed by atoms with E-state index in [4.69, 9.17) is 11.6 Å². The fourth-order valence-corrected chi connectivity index (χ4v) is 3.52. The van der Waals surface area contributed by atoms with Crippen LogP contribution in [0.2, 0.25) is 5.02 Å². The molecule has 0 saturated carbocycles. The number of para-hydroxylation sites is 1. The molecular formula is C18H15ClN2O2S. The Morgan fingerprint density at radius 3 is 2.00 bits per heavy atom. The lowest BCUT2D eigenvalue weighted by atomic mass is 10.2. The Kier molecular flexibility index (Phi) is 4.74. The van der Waals surface area contributed by atoms with E-state index >= 15 is 0 Å². The van der Waals surface area contributed by atoms with Crippen LogP contribution in [0.1, 0.15) is 0 Å². The molecule has 0 aliphatic carbocycles. The summed E-state index contributed by atoms with van der Waals surface area (Å²) in [7, 11) is -3.66. The Morgan fingerprint density at radius 1 is 0.708 bits per heavy atom. The van der Waals surface area contributed by atoms with Crippen molar-refractivity contribution in [1.29, 1.82) is 0 Å². The fourth-order valence-electron chi connectivity index (χ4n) is 2.16. The summed E-state index contributed by atoms with van der Waals surface area (Å²) in [5, 5.41) is 3.61. The first-order valence-corrected chi connectivity index (χ1v) is 9.10. The topological polar surface area (TPSA) is 58.2 Å². The maximum atomic E-state index is 12.3. The lowest BCUT2D eigenvalue weighted by Gasteiger charge is -2.10. The summed E-state index contributed by atoms with van der Waals surface area (Å²) in [5.74, 6) is 0. The molecule has 0 aromatic heterocycles. The normalized spacial score (nSPS) is 11.0. The Hall–Kier alpha value is -2.50. The summed E-state index contributed by atoms with van der Waals surface area (Å²) in [5.41, 5.74) is 2.31. The van der Waals surface area contributed by atoms with E-state index in [1.807, 2.05) is 42.5 Å². The van der Waals surface area contributed by atoms with Gasteiger partial charge in [-0.15, -0.1) is 0 Å². The predicted molar refractivity (Wildman–Crippen MR) is 98.4 cm³/mol. The molecule has 0 bridgehead atoms. The number of anilines is 3. The highest BCUT2D eigenvalue weighted by molar-refractivity contribution is 7.92. The van der Waals surface area contributed by atoms with Crippen LogP contribution in [-0.4, -0.2) is 8.42 Å². The SMILES string of the molecule is O=S(=O)(Nc1ccc(Nc2ccccc2)cc1)c1cccc(Cl)c1. The van der Waals surface area contributed by atoms with E-state index in [0.717, 1.165) is 11.4 Å². The second kappa shape index (κ2) is 6.95. The molecule has 0 unspecified atom stereocenters. The first kappa shape index (κ1) is 16.4. The van der Waals surface area contributed by atoms with E-state index in [9.17, 15) is 8.42 Å². The molecule has 0 atom stereocenters. The minimum atomic E-state index is -3.66. The molecule has 0 fully saturated rings. The van der Waals surface area contributed by atoms with Crippen molar-refractivity contribution >= 4 is 38.7 Å². The average Bonchev–Trinajstić information content (AvgIpc) is 2.57. The largest absolute Gasteiger partial charge is 0.356 e. The summed E-state index contributed by atoms with van der Waals surface area (Å²) in [6.07, 6.45) is 0. The van der Waals surface area contributed by atoms with Crippen LogP contribution in [-0.2, 0) is 10.0 Å². The van der Waals surface area contributed by atoms with Gasteiger partial charge in [0.15, 0.2) is 0 Å². The van der Waals surface area contributed by atoms with Crippen LogP contribution in [0.15, 0.2) is 83.8 Å². The third-order valence-corrected chi connectivity index (χ3v) is 4.92. The third kappa shape index (κ3) is 4.07. The lowest BCUT2D eigenvalue weighted by Crippen LogP contribution is -2.12. The molecular weight excluding hydrogens is 344 g/mol. The maximum absolute atomic E-state index is 12.3. The molecule has 0 heterocycles. The minimum Gasteiger partial charge on any atom is -0.356 e. The van der Waals surface area contributed by atoms with Gasteiger partial charge in [0.2, 0.25) is 0 Å². The number of rotatable bonds is 5. The van der Waals surface area contributed by atoms with E-state index < -0.39 is 10.0 Å². The molecule has 3 aromatic rings. The second-order valence-corrected chi connectivity index (χ2v) is 7.25. The van der Waals surface area contributed by atoms with Crippen LogP contribution in [0.4, 0.5) is 17.1 Å².